The highest BCUT2D eigenvalue weighted by molar-refractivity contribution is 5.82. The van der Waals surface area contributed by atoms with Crippen LogP contribution in [0.3, 0.4) is 0 Å². The molecule has 3 rings (SSSR count). The van der Waals surface area contributed by atoms with Gasteiger partial charge in [0.2, 0.25) is 0 Å². The molecule has 0 atom stereocenters. The van der Waals surface area contributed by atoms with Crippen molar-refractivity contribution >= 4 is 11.0 Å². The lowest BCUT2D eigenvalue weighted by Gasteiger charge is -2.03. The van der Waals surface area contributed by atoms with Crippen molar-refractivity contribution in [3.05, 3.63) is 54.4 Å². The van der Waals surface area contributed by atoms with E-state index in [0.29, 0.717) is 0 Å². The fourth-order valence-electron chi connectivity index (χ4n) is 2.13. The van der Waals surface area contributed by atoms with E-state index in [-0.39, 0.29) is 0 Å². The number of hydrogen-bond acceptors (Lipinski definition) is 1. The van der Waals surface area contributed by atoms with Gasteiger partial charge in [0.05, 0.1) is 17.4 Å². The maximum atomic E-state index is 4.33. The van der Waals surface area contributed by atoms with Crippen LogP contribution in [0.5, 0.6) is 0 Å². The lowest BCUT2D eigenvalue weighted by molar-refractivity contribution is 0.948. The zero-order chi connectivity index (χ0) is 11.8. The summed E-state index contributed by atoms with van der Waals surface area (Å²) >= 11 is 0. The molecule has 0 aliphatic rings. The van der Waals surface area contributed by atoms with Crippen LogP contribution in [0.2, 0.25) is 0 Å². The number of hydrogen-bond donors (Lipinski definition) is 0. The Bertz CT molecular complexity index is 680. The van der Waals surface area contributed by atoms with Crippen LogP contribution in [0.4, 0.5) is 0 Å². The quantitative estimate of drug-likeness (QED) is 0.615. The molecule has 1 aromatic heterocycles. The van der Waals surface area contributed by atoms with E-state index in [4.69, 9.17) is 0 Å². The maximum Gasteiger partial charge on any atom is 0.0955 e. The number of aromatic nitrogens is 2. The minimum absolute atomic E-state index is 1.05. The summed E-state index contributed by atoms with van der Waals surface area (Å²) in [6, 6.07) is 15.0. The van der Waals surface area contributed by atoms with Gasteiger partial charge in [0.25, 0.3) is 0 Å². The molecule has 1 heterocycles. The SMILES string of the molecule is Cc1cccc(-c2ccc3ncn(C)c3c2)c1. The van der Waals surface area contributed by atoms with Crippen molar-refractivity contribution in [2.75, 3.05) is 0 Å². The van der Waals surface area contributed by atoms with Crippen molar-refractivity contribution in [1.82, 2.24) is 9.55 Å². The molecule has 0 fully saturated rings. The lowest BCUT2D eigenvalue weighted by atomic mass is 10.0. The molecule has 0 radical (unpaired) electrons. The average Bonchev–Trinajstić information content (AvgIpc) is 2.71. The van der Waals surface area contributed by atoms with Crippen LogP contribution in [0.25, 0.3) is 22.2 Å². The lowest BCUT2D eigenvalue weighted by Crippen LogP contribution is -1.85. The fraction of sp³-hybridized carbons (Fsp3) is 0.133. The molecule has 0 unspecified atom stereocenters. The van der Waals surface area contributed by atoms with E-state index in [1.807, 2.05) is 13.4 Å². The van der Waals surface area contributed by atoms with Gasteiger partial charge in [-0.2, -0.15) is 0 Å². The van der Waals surface area contributed by atoms with Crippen molar-refractivity contribution in [2.45, 2.75) is 6.92 Å². The number of fused-ring (bicyclic) bond motifs is 1. The summed E-state index contributed by atoms with van der Waals surface area (Å²) in [5, 5.41) is 0. The molecule has 17 heavy (non-hydrogen) atoms. The Morgan fingerprint density at radius 1 is 1.00 bits per heavy atom. The zero-order valence-corrected chi connectivity index (χ0v) is 10.0. The topological polar surface area (TPSA) is 17.8 Å². The van der Waals surface area contributed by atoms with Crippen molar-refractivity contribution in [2.24, 2.45) is 7.05 Å². The number of rotatable bonds is 1. The Hall–Kier alpha value is -2.09. The summed E-state index contributed by atoms with van der Waals surface area (Å²) in [6.07, 6.45) is 1.85. The molecule has 0 aliphatic heterocycles. The highest BCUT2D eigenvalue weighted by Crippen LogP contribution is 2.24. The number of nitrogens with zero attached hydrogens (tertiary/aromatic N) is 2. The highest BCUT2D eigenvalue weighted by Gasteiger charge is 2.03. The van der Waals surface area contributed by atoms with Gasteiger partial charge in [-0.05, 0) is 30.2 Å². The number of benzene rings is 2. The van der Waals surface area contributed by atoms with Crippen LogP contribution < -0.4 is 0 Å². The molecule has 2 heteroatoms. The first kappa shape index (κ1) is 10.1. The van der Waals surface area contributed by atoms with Gasteiger partial charge in [-0.3, -0.25) is 0 Å². The van der Waals surface area contributed by atoms with Gasteiger partial charge in [-0.25, -0.2) is 4.98 Å². The summed E-state index contributed by atoms with van der Waals surface area (Å²) < 4.78 is 2.05. The second kappa shape index (κ2) is 3.74. The summed E-state index contributed by atoms with van der Waals surface area (Å²) in [5.74, 6) is 0. The molecule has 0 saturated heterocycles. The van der Waals surface area contributed by atoms with E-state index >= 15 is 0 Å². The molecule has 0 bridgehead atoms. The predicted octanol–water partition coefficient (Wildman–Crippen LogP) is 3.55. The van der Waals surface area contributed by atoms with Crippen LogP contribution >= 0.6 is 0 Å². The second-order valence-corrected chi connectivity index (χ2v) is 4.43. The fourth-order valence-corrected chi connectivity index (χ4v) is 2.13. The molecule has 0 saturated carbocycles. The first-order valence-corrected chi connectivity index (χ1v) is 5.72. The van der Waals surface area contributed by atoms with Gasteiger partial charge in [-0.1, -0.05) is 35.9 Å². The third-order valence-corrected chi connectivity index (χ3v) is 3.08. The third kappa shape index (κ3) is 1.72. The molecular weight excluding hydrogens is 208 g/mol. The Kier molecular flexibility index (Phi) is 2.22. The first-order chi connectivity index (χ1) is 8.24. The van der Waals surface area contributed by atoms with Gasteiger partial charge < -0.3 is 4.57 Å². The van der Waals surface area contributed by atoms with Crippen LogP contribution in [0.15, 0.2) is 48.8 Å². The summed E-state index contributed by atoms with van der Waals surface area (Å²) in [4.78, 5) is 4.33. The van der Waals surface area contributed by atoms with Crippen molar-refractivity contribution in [3.63, 3.8) is 0 Å². The van der Waals surface area contributed by atoms with Gasteiger partial charge >= 0.3 is 0 Å². The van der Waals surface area contributed by atoms with Gasteiger partial charge in [-0.15, -0.1) is 0 Å². The zero-order valence-electron chi connectivity index (χ0n) is 10.0. The van der Waals surface area contributed by atoms with Gasteiger partial charge in [0, 0.05) is 7.05 Å². The molecule has 0 N–H and O–H groups in total. The van der Waals surface area contributed by atoms with E-state index in [2.05, 4.69) is 58.9 Å². The smallest absolute Gasteiger partial charge is 0.0955 e. The molecule has 0 amide bonds. The van der Waals surface area contributed by atoms with E-state index in [9.17, 15) is 0 Å². The van der Waals surface area contributed by atoms with Crippen LogP contribution in [0.1, 0.15) is 5.56 Å². The standard InChI is InChI=1S/C15H14N2/c1-11-4-3-5-12(8-11)13-6-7-14-15(9-13)17(2)10-16-14/h3-10H,1-2H3. The Morgan fingerprint density at radius 3 is 2.65 bits per heavy atom. The maximum absolute atomic E-state index is 4.33. The molecular formula is C15H14N2. The summed E-state index contributed by atoms with van der Waals surface area (Å²) in [5.41, 5.74) is 6.00. The van der Waals surface area contributed by atoms with Gasteiger partial charge in [0.1, 0.15) is 0 Å². The van der Waals surface area contributed by atoms with E-state index in [0.717, 1.165) is 5.52 Å². The van der Waals surface area contributed by atoms with Crippen LogP contribution in [-0.4, -0.2) is 9.55 Å². The molecule has 2 aromatic carbocycles. The minimum Gasteiger partial charge on any atom is -0.334 e. The second-order valence-electron chi connectivity index (χ2n) is 4.43. The van der Waals surface area contributed by atoms with E-state index < -0.39 is 0 Å². The monoisotopic (exact) mass is 222 g/mol. The summed E-state index contributed by atoms with van der Waals surface area (Å²) in [6.45, 7) is 2.12. The number of imidazole rings is 1. The molecule has 3 aromatic rings. The Balaban J connectivity index is 2.20. The van der Waals surface area contributed by atoms with Crippen molar-refractivity contribution in [1.29, 1.82) is 0 Å². The normalized spacial score (nSPS) is 10.9. The van der Waals surface area contributed by atoms with Gasteiger partial charge in [0.15, 0.2) is 0 Å². The molecule has 84 valence electrons. The Labute approximate surface area is 101 Å². The summed E-state index contributed by atoms with van der Waals surface area (Å²) in [7, 11) is 2.02. The predicted molar refractivity (Wildman–Crippen MR) is 70.9 cm³/mol. The van der Waals surface area contributed by atoms with E-state index in [1.54, 1.807) is 0 Å². The number of aryl methyl sites for hydroxylation is 2. The van der Waals surface area contributed by atoms with E-state index in [1.165, 1.54) is 22.2 Å². The average molecular weight is 222 g/mol. The van der Waals surface area contributed by atoms with Crippen LogP contribution in [0, 0.1) is 6.92 Å². The van der Waals surface area contributed by atoms with Crippen molar-refractivity contribution < 1.29 is 0 Å². The van der Waals surface area contributed by atoms with Crippen LogP contribution in [-0.2, 0) is 7.05 Å². The Morgan fingerprint density at radius 2 is 1.82 bits per heavy atom. The molecule has 0 aliphatic carbocycles. The van der Waals surface area contributed by atoms with Crippen molar-refractivity contribution in [3.8, 4) is 11.1 Å². The molecule has 2 nitrogen and oxygen atoms in total. The highest BCUT2D eigenvalue weighted by atomic mass is 15.0. The molecule has 0 spiro atoms. The first-order valence-electron chi connectivity index (χ1n) is 5.72. The minimum atomic E-state index is 1.05. The third-order valence-electron chi connectivity index (χ3n) is 3.08. The largest absolute Gasteiger partial charge is 0.334 e.